The van der Waals surface area contributed by atoms with E-state index in [1.165, 1.54) is 6.92 Å². The van der Waals surface area contributed by atoms with Gasteiger partial charge in [-0.2, -0.15) is 0 Å². The maximum absolute atomic E-state index is 12.4. The lowest BCUT2D eigenvalue weighted by molar-refractivity contribution is -0.132. The first-order valence-electron chi connectivity index (χ1n) is 9.14. The minimum Gasteiger partial charge on any atom is -0.366 e. The predicted molar refractivity (Wildman–Crippen MR) is 102 cm³/mol. The number of primary amides is 1. The predicted octanol–water partition coefficient (Wildman–Crippen LogP) is 1.18. The van der Waals surface area contributed by atoms with Gasteiger partial charge in [0.2, 0.25) is 11.8 Å². The Labute approximate surface area is 161 Å². The number of hydrogen-bond acceptors (Lipinski definition) is 5. The van der Waals surface area contributed by atoms with Crippen LogP contribution in [0.1, 0.15) is 47.8 Å². The summed E-state index contributed by atoms with van der Waals surface area (Å²) in [6, 6.07) is 6.47. The lowest BCUT2D eigenvalue weighted by Crippen LogP contribution is -2.39. The first kappa shape index (κ1) is 19.5. The van der Waals surface area contributed by atoms with Gasteiger partial charge in [-0.1, -0.05) is 12.1 Å². The molecule has 1 aromatic carbocycles. The van der Waals surface area contributed by atoms with Gasteiger partial charge in [-0.15, -0.1) is 0 Å². The van der Waals surface area contributed by atoms with Crippen molar-refractivity contribution in [2.24, 2.45) is 5.73 Å². The van der Waals surface area contributed by atoms with Gasteiger partial charge in [-0.25, -0.2) is 4.98 Å². The molecule has 0 unspecified atom stereocenters. The summed E-state index contributed by atoms with van der Waals surface area (Å²) in [5, 5.41) is 0. The molecule has 0 radical (unpaired) electrons. The van der Waals surface area contributed by atoms with Crippen LogP contribution in [0.25, 0.3) is 11.4 Å². The van der Waals surface area contributed by atoms with Crippen LogP contribution in [0.2, 0.25) is 0 Å². The van der Waals surface area contributed by atoms with Gasteiger partial charge in [-0.3, -0.25) is 14.4 Å². The lowest BCUT2D eigenvalue weighted by Gasteiger charge is -2.28. The fourth-order valence-electron chi connectivity index (χ4n) is 3.23. The first-order chi connectivity index (χ1) is 13.3. The number of aromatic amines is 1. The Morgan fingerprint density at radius 2 is 1.89 bits per heavy atom. The highest BCUT2D eigenvalue weighted by atomic mass is 16.2. The maximum Gasteiger partial charge on any atom is 0.254 e. The van der Waals surface area contributed by atoms with Gasteiger partial charge in [0.1, 0.15) is 11.6 Å². The monoisotopic (exact) mass is 382 g/mol. The summed E-state index contributed by atoms with van der Waals surface area (Å²) in [6.45, 7) is 2.24. The second-order valence-corrected chi connectivity index (χ2v) is 6.90. The number of H-pyrrole nitrogens is 1. The summed E-state index contributed by atoms with van der Waals surface area (Å²) in [5.74, 6) is -0.124. The maximum atomic E-state index is 12.4. The number of carbonyl (C=O) groups is 3. The fourth-order valence-corrected chi connectivity index (χ4v) is 3.23. The van der Waals surface area contributed by atoms with E-state index >= 15 is 0 Å². The van der Waals surface area contributed by atoms with Gasteiger partial charge < -0.3 is 20.4 Å². The Morgan fingerprint density at radius 1 is 1.18 bits per heavy atom. The van der Waals surface area contributed by atoms with Crippen molar-refractivity contribution >= 4 is 17.6 Å². The van der Waals surface area contributed by atoms with Crippen LogP contribution in [0.4, 0.5) is 0 Å². The number of nitrogens with zero attached hydrogens (tertiary/aromatic N) is 2. The topological polar surface area (TPSA) is 126 Å². The van der Waals surface area contributed by atoms with Crippen molar-refractivity contribution in [3.05, 3.63) is 51.4 Å². The third kappa shape index (κ3) is 4.33. The van der Waals surface area contributed by atoms with E-state index in [1.807, 2.05) is 0 Å². The smallest absolute Gasteiger partial charge is 0.254 e. The average Bonchev–Trinajstić information content (AvgIpc) is 2.67. The Balaban J connectivity index is 1.79. The molecule has 3 rings (SSSR count). The van der Waals surface area contributed by atoms with E-state index in [0.29, 0.717) is 60.4 Å². The van der Waals surface area contributed by atoms with E-state index in [4.69, 9.17) is 5.73 Å². The zero-order valence-corrected chi connectivity index (χ0v) is 15.7. The van der Waals surface area contributed by atoms with Crippen LogP contribution in [0, 0.1) is 0 Å². The minimum atomic E-state index is -0.530. The number of nitrogens with one attached hydrogen (secondary N) is 1. The van der Waals surface area contributed by atoms with Crippen molar-refractivity contribution in [2.75, 3.05) is 6.54 Å². The molecule has 8 heteroatoms. The summed E-state index contributed by atoms with van der Waals surface area (Å²) in [4.78, 5) is 56.1. The Hall–Kier alpha value is -3.29. The summed E-state index contributed by atoms with van der Waals surface area (Å²) in [7, 11) is 0. The van der Waals surface area contributed by atoms with Crippen LogP contribution >= 0.6 is 0 Å². The highest BCUT2D eigenvalue weighted by Gasteiger charge is 2.24. The Kier molecular flexibility index (Phi) is 5.67. The Bertz CT molecular complexity index is 979. The molecule has 28 heavy (non-hydrogen) atoms. The molecule has 0 spiro atoms. The molecule has 0 bridgehead atoms. The molecule has 0 atom stereocenters. The highest BCUT2D eigenvalue weighted by Crippen LogP contribution is 2.20. The molecule has 0 saturated heterocycles. The molecule has 0 fully saturated rings. The zero-order chi connectivity index (χ0) is 20.3. The molecule has 1 aliphatic rings. The van der Waals surface area contributed by atoms with Crippen LogP contribution in [0.15, 0.2) is 29.1 Å². The zero-order valence-electron chi connectivity index (χ0n) is 15.7. The second kappa shape index (κ2) is 8.16. The second-order valence-electron chi connectivity index (χ2n) is 6.90. The summed E-state index contributed by atoms with van der Waals surface area (Å²) in [6.07, 6.45) is 1.66. The normalized spacial score (nSPS) is 13.1. The number of fused-ring (bicyclic) bond motifs is 1. The molecular formula is C20H22N4O4. The van der Waals surface area contributed by atoms with Gasteiger partial charge in [0.05, 0.1) is 12.2 Å². The number of amides is 2. The molecule has 3 N–H and O–H groups in total. The van der Waals surface area contributed by atoms with Gasteiger partial charge in [0.25, 0.3) is 5.56 Å². The summed E-state index contributed by atoms with van der Waals surface area (Å²) >= 11 is 0. The molecule has 2 heterocycles. The quantitative estimate of drug-likeness (QED) is 0.776. The van der Waals surface area contributed by atoms with Crippen molar-refractivity contribution in [1.29, 1.82) is 0 Å². The molecule has 2 amide bonds. The average molecular weight is 382 g/mol. The number of hydrogen-bond donors (Lipinski definition) is 2. The first-order valence-corrected chi connectivity index (χ1v) is 9.14. The van der Waals surface area contributed by atoms with Gasteiger partial charge in [0.15, 0.2) is 0 Å². The van der Waals surface area contributed by atoms with Crippen molar-refractivity contribution < 1.29 is 14.4 Å². The standard InChI is InChI=1S/C20H22N4O4/c1-12(25)3-2-4-17(26)24-10-9-15-16(11-24)22-19(23-20(15)28)14-7-5-13(6-8-14)18(21)27/h5-8H,2-4,9-11H2,1H3,(H2,21,27)(H,22,23,28). The van der Waals surface area contributed by atoms with E-state index in [2.05, 4.69) is 9.97 Å². The number of aromatic nitrogens is 2. The van der Waals surface area contributed by atoms with E-state index in [-0.39, 0.29) is 23.8 Å². The van der Waals surface area contributed by atoms with E-state index in [9.17, 15) is 19.2 Å². The lowest BCUT2D eigenvalue weighted by atomic mass is 10.0. The number of rotatable bonds is 6. The summed E-state index contributed by atoms with van der Waals surface area (Å²) in [5.41, 5.74) is 7.20. The summed E-state index contributed by atoms with van der Waals surface area (Å²) < 4.78 is 0. The highest BCUT2D eigenvalue weighted by molar-refractivity contribution is 5.93. The number of benzene rings is 1. The molecule has 1 aliphatic heterocycles. The number of Topliss-reactive ketones (excluding diaryl/α,β-unsaturated/α-hetero) is 1. The third-order valence-corrected chi connectivity index (χ3v) is 4.79. The SMILES string of the molecule is CC(=O)CCCC(=O)N1CCc2c(nc(-c3ccc(C(N)=O)cc3)[nH]c2=O)C1. The number of carbonyl (C=O) groups excluding carboxylic acids is 3. The molecule has 0 saturated carbocycles. The van der Waals surface area contributed by atoms with E-state index in [1.54, 1.807) is 29.2 Å². The van der Waals surface area contributed by atoms with Crippen molar-refractivity contribution in [3.8, 4) is 11.4 Å². The van der Waals surface area contributed by atoms with E-state index in [0.717, 1.165) is 0 Å². The van der Waals surface area contributed by atoms with Crippen LogP contribution in [-0.2, 0) is 22.6 Å². The van der Waals surface area contributed by atoms with Gasteiger partial charge in [0, 0.05) is 36.1 Å². The Morgan fingerprint density at radius 3 is 2.54 bits per heavy atom. The molecule has 1 aromatic heterocycles. The molecular weight excluding hydrogens is 360 g/mol. The molecule has 0 aliphatic carbocycles. The van der Waals surface area contributed by atoms with Gasteiger partial charge >= 0.3 is 0 Å². The van der Waals surface area contributed by atoms with Gasteiger partial charge in [-0.05, 0) is 31.9 Å². The van der Waals surface area contributed by atoms with Crippen molar-refractivity contribution in [2.45, 2.75) is 39.2 Å². The van der Waals surface area contributed by atoms with Crippen molar-refractivity contribution in [1.82, 2.24) is 14.9 Å². The number of ketones is 1. The third-order valence-electron chi connectivity index (χ3n) is 4.79. The van der Waals surface area contributed by atoms with Crippen LogP contribution in [-0.4, -0.2) is 39.0 Å². The fraction of sp³-hybridized carbons (Fsp3) is 0.350. The van der Waals surface area contributed by atoms with E-state index < -0.39 is 5.91 Å². The molecule has 146 valence electrons. The van der Waals surface area contributed by atoms with Crippen LogP contribution < -0.4 is 11.3 Å². The molecule has 8 nitrogen and oxygen atoms in total. The van der Waals surface area contributed by atoms with Crippen molar-refractivity contribution in [3.63, 3.8) is 0 Å². The molecule has 2 aromatic rings. The number of nitrogens with two attached hydrogens (primary N) is 1. The minimum absolute atomic E-state index is 0.0404. The van der Waals surface area contributed by atoms with Crippen LogP contribution in [0.3, 0.4) is 0 Å². The van der Waals surface area contributed by atoms with Crippen LogP contribution in [0.5, 0.6) is 0 Å². The largest absolute Gasteiger partial charge is 0.366 e.